The van der Waals surface area contributed by atoms with Gasteiger partial charge in [-0.25, -0.2) is 0 Å². The molecular formula is C6H16O4. The fourth-order valence-corrected chi connectivity index (χ4v) is 0. The van der Waals surface area contributed by atoms with Crippen LogP contribution in [0.4, 0.5) is 0 Å². The zero-order valence-electron chi connectivity index (χ0n) is 6.36. The van der Waals surface area contributed by atoms with Gasteiger partial charge in [-0.1, -0.05) is 6.92 Å². The van der Waals surface area contributed by atoms with E-state index in [1.54, 1.807) is 6.92 Å². The molecule has 0 rings (SSSR count). The maximum absolute atomic E-state index is 8.11. The molecule has 0 aliphatic heterocycles. The lowest BCUT2D eigenvalue weighted by Gasteiger charge is -1.90. The summed E-state index contributed by atoms with van der Waals surface area (Å²) in [5, 5.41) is 31.8. The van der Waals surface area contributed by atoms with Crippen LogP contribution in [0.2, 0.25) is 0 Å². The highest BCUT2D eigenvalue weighted by molar-refractivity contribution is 4.34. The van der Waals surface area contributed by atoms with Gasteiger partial charge in [0, 0.05) is 0 Å². The van der Waals surface area contributed by atoms with E-state index >= 15 is 0 Å². The maximum Gasteiger partial charge on any atom is 0.151 e. The molecule has 0 heterocycles. The van der Waals surface area contributed by atoms with Gasteiger partial charge < -0.3 is 20.4 Å². The highest BCUT2D eigenvalue weighted by Gasteiger charge is 1.83. The summed E-state index contributed by atoms with van der Waals surface area (Å²) in [6, 6.07) is 0. The highest BCUT2D eigenvalue weighted by atomic mass is 16.5. The average Bonchev–Trinajstić information content (AvgIpc) is 1.89. The zero-order valence-corrected chi connectivity index (χ0v) is 6.36. The Balaban J connectivity index is 0. The molecule has 0 aromatic carbocycles. The Bertz CT molecular complexity index is 45.7. The topological polar surface area (TPSA) is 80.9 Å². The molecule has 64 valence electrons. The fourth-order valence-electron chi connectivity index (χ4n) is 0. The first kappa shape index (κ1) is 12.5. The van der Waals surface area contributed by atoms with Crippen LogP contribution in [0.15, 0.2) is 0 Å². The molecule has 0 bridgehead atoms. The Labute approximate surface area is 60.7 Å². The number of hydrogen-bond donors (Lipinski definition) is 4. The quantitative estimate of drug-likeness (QED) is 0.385. The highest BCUT2D eigenvalue weighted by Crippen LogP contribution is 1.77. The minimum Gasteiger partial charge on any atom is -0.394 e. The molecule has 4 N–H and O–H groups in total. The molecule has 0 aromatic heterocycles. The second kappa shape index (κ2) is 8.84. The molecule has 4 nitrogen and oxygen atoms in total. The molecule has 4 heteroatoms. The van der Waals surface area contributed by atoms with Gasteiger partial charge in [0.2, 0.25) is 0 Å². The van der Waals surface area contributed by atoms with E-state index in [4.69, 9.17) is 20.4 Å². The summed E-state index contributed by atoms with van der Waals surface area (Å²) < 4.78 is 0. The van der Waals surface area contributed by atoms with E-state index in [1.165, 1.54) is 6.92 Å². The van der Waals surface area contributed by atoms with Crippen LogP contribution in [0.1, 0.15) is 20.3 Å². The minimum absolute atomic E-state index is 0.139. The summed E-state index contributed by atoms with van der Waals surface area (Å²) >= 11 is 0. The van der Waals surface area contributed by atoms with Crippen molar-refractivity contribution in [2.45, 2.75) is 32.7 Å². The monoisotopic (exact) mass is 152 g/mol. The standard InChI is InChI=1S/2C3H8O2/c1-3(5)2-4;1-2-3(4)5/h2*3-5H,2H2,1H3. The average molecular weight is 152 g/mol. The van der Waals surface area contributed by atoms with E-state index in [1.807, 2.05) is 0 Å². The van der Waals surface area contributed by atoms with Crippen molar-refractivity contribution in [1.82, 2.24) is 0 Å². The van der Waals surface area contributed by atoms with Crippen molar-refractivity contribution in [3.63, 3.8) is 0 Å². The molecule has 1 unspecified atom stereocenters. The van der Waals surface area contributed by atoms with Gasteiger partial charge in [0.1, 0.15) is 0 Å². The summed E-state index contributed by atoms with van der Waals surface area (Å²) in [4.78, 5) is 0. The molecule has 0 radical (unpaired) electrons. The maximum atomic E-state index is 8.11. The molecule has 0 aliphatic carbocycles. The molecule has 0 aromatic rings. The second-order valence-corrected chi connectivity index (χ2v) is 1.92. The van der Waals surface area contributed by atoms with E-state index in [-0.39, 0.29) is 6.61 Å². The Morgan fingerprint density at radius 3 is 1.40 bits per heavy atom. The van der Waals surface area contributed by atoms with Crippen molar-refractivity contribution in [3.05, 3.63) is 0 Å². The first-order valence-corrected chi connectivity index (χ1v) is 3.19. The first-order chi connectivity index (χ1) is 4.54. The Morgan fingerprint density at radius 2 is 1.40 bits per heavy atom. The normalized spacial score (nSPS) is 12.3. The van der Waals surface area contributed by atoms with E-state index in [9.17, 15) is 0 Å². The third kappa shape index (κ3) is 24.9. The third-order valence-corrected chi connectivity index (χ3v) is 0.629. The van der Waals surface area contributed by atoms with Crippen molar-refractivity contribution >= 4 is 0 Å². The zero-order chi connectivity index (χ0) is 8.57. The lowest BCUT2D eigenvalue weighted by Crippen LogP contribution is -2.03. The van der Waals surface area contributed by atoms with Crippen LogP contribution in [-0.4, -0.2) is 39.4 Å². The van der Waals surface area contributed by atoms with Crippen LogP contribution < -0.4 is 0 Å². The van der Waals surface area contributed by atoms with Crippen LogP contribution in [0.3, 0.4) is 0 Å². The number of hydrogen-bond acceptors (Lipinski definition) is 4. The van der Waals surface area contributed by atoms with E-state index in [0.29, 0.717) is 6.42 Å². The van der Waals surface area contributed by atoms with Crippen LogP contribution >= 0.6 is 0 Å². The van der Waals surface area contributed by atoms with Gasteiger partial charge in [0.15, 0.2) is 6.29 Å². The van der Waals surface area contributed by atoms with Crippen LogP contribution in [0.25, 0.3) is 0 Å². The molecule has 0 spiro atoms. The largest absolute Gasteiger partial charge is 0.394 e. The molecule has 0 saturated carbocycles. The Hall–Kier alpha value is -0.160. The molecule has 0 amide bonds. The van der Waals surface area contributed by atoms with E-state index in [2.05, 4.69) is 0 Å². The van der Waals surface area contributed by atoms with Crippen molar-refractivity contribution < 1.29 is 20.4 Å². The van der Waals surface area contributed by atoms with Gasteiger partial charge in [0.25, 0.3) is 0 Å². The van der Waals surface area contributed by atoms with Gasteiger partial charge in [-0.3, -0.25) is 0 Å². The smallest absolute Gasteiger partial charge is 0.151 e. The van der Waals surface area contributed by atoms with Gasteiger partial charge in [0.05, 0.1) is 12.7 Å². The first-order valence-electron chi connectivity index (χ1n) is 3.19. The predicted molar refractivity (Wildman–Crippen MR) is 37.3 cm³/mol. The number of aliphatic hydroxyl groups excluding tert-OH is 3. The lowest BCUT2D eigenvalue weighted by molar-refractivity contribution is -0.0413. The Kier molecular flexibility index (Phi) is 11.1. The third-order valence-electron chi connectivity index (χ3n) is 0.629. The number of rotatable bonds is 2. The van der Waals surface area contributed by atoms with Gasteiger partial charge in [-0.05, 0) is 13.3 Å². The SMILES string of the molecule is CC(O)CO.CCC(O)O. The second-order valence-electron chi connectivity index (χ2n) is 1.92. The van der Waals surface area contributed by atoms with Crippen molar-refractivity contribution in [2.24, 2.45) is 0 Å². The molecule has 0 aliphatic rings. The molecule has 0 saturated heterocycles. The summed E-state index contributed by atoms with van der Waals surface area (Å²) in [6.07, 6.45) is -1.26. The van der Waals surface area contributed by atoms with Crippen LogP contribution in [-0.2, 0) is 0 Å². The summed E-state index contributed by atoms with van der Waals surface area (Å²) in [6.45, 7) is 3.09. The molecule has 10 heavy (non-hydrogen) atoms. The molecule has 1 atom stereocenters. The van der Waals surface area contributed by atoms with Crippen molar-refractivity contribution in [1.29, 1.82) is 0 Å². The molecular weight excluding hydrogens is 136 g/mol. The molecule has 0 fully saturated rings. The minimum atomic E-state index is -1.12. The van der Waals surface area contributed by atoms with Gasteiger partial charge >= 0.3 is 0 Å². The summed E-state index contributed by atoms with van der Waals surface area (Å²) in [5.41, 5.74) is 0. The van der Waals surface area contributed by atoms with Crippen molar-refractivity contribution in [3.8, 4) is 0 Å². The fraction of sp³-hybridized carbons (Fsp3) is 1.00. The Morgan fingerprint density at radius 1 is 1.20 bits per heavy atom. The van der Waals surface area contributed by atoms with Crippen LogP contribution in [0, 0.1) is 0 Å². The van der Waals surface area contributed by atoms with Gasteiger partial charge in [-0.2, -0.15) is 0 Å². The predicted octanol–water partition coefficient (Wildman–Crippen LogP) is -0.933. The van der Waals surface area contributed by atoms with Crippen molar-refractivity contribution in [2.75, 3.05) is 6.61 Å². The summed E-state index contributed by atoms with van der Waals surface area (Å²) in [5.74, 6) is 0. The van der Waals surface area contributed by atoms with Crippen LogP contribution in [0.5, 0.6) is 0 Å². The number of aliphatic hydroxyl groups is 4. The van der Waals surface area contributed by atoms with Gasteiger partial charge in [-0.15, -0.1) is 0 Å². The van der Waals surface area contributed by atoms with E-state index < -0.39 is 12.4 Å². The summed E-state index contributed by atoms with van der Waals surface area (Å²) in [7, 11) is 0. The van der Waals surface area contributed by atoms with E-state index in [0.717, 1.165) is 0 Å². The lowest BCUT2D eigenvalue weighted by atomic mass is 10.5.